The maximum absolute atomic E-state index is 11.9. The molecule has 1 fully saturated rings. The highest BCUT2D eigenvalue weighted by atomic mass is 16.3. The number of β-amino-alcohol motifs (C(OH)–C–C–N with tert-alkyl or cyclic N) is 1. The van der Waals surface area contributed by atoms with Crippen molar-refractivity contribution in [1.29, 1.82) is 0 Å². The first-order chi connectivity index (χ1) is 9.24. The van der Waals surface area contributed by atoms with E-state index in [1.165, 1.54) is 0 Å². The number of carbonyl (C=O) groups excluding carboxylic acids is 1. The highest BCUT2D eigenvalue weighted by Crippen LogP contribution is 2.17. The van der Waals surface area contributed by atoms with Gasteiger partial charge in [-0.3, -0.25) is 0 Å². The van der Waals surface area contributed by atoms with Crippen molar-refractivity contribution in [2.75, 3.05) is 13.1 Å². The molecule has 100 valence electrons. The topological polar surface area (TPSA) is 68.4 Å². The Hall–Kier alpha value is -2.01. The van der Waals surface area contributed by atoms with Crippen molar-refractivity contribution in [3.8, 4) is 0 Å². The summed E-state index contributed by atoms with van der Waals surface area (Å²) >= 11 is 0. The second-order valence-electron chi connectivity index (χ2n) is 4.90. The van der Waals surface area contributed by atoms with Gasteiger partial charge in [-0.15, -0.1) is 0 Å². The molecule has 0 aliphatic carbocycles. The van der Waals surface area contributed by atoms with Crippen molar-refractivity contribution in [2.24, 2.45) is 0 Å². The van der Waals surface area contributed by atoms with Gasteiger partial charge >= 0.3 is 6.03 Å². The lowest BCUT2D eigenvalue weighted by molar-refractivity contribution is 0.172. The Morgan fingerprint density at radius 3 is 3.16 bits per heavy atom. The van der Waals surface area contributed by atoms with Gasteiger partial charge < -0.3 is 20.3 Å². The maximum Gasteiger partial charge on any atom is 0.317 e. The Morgan fingerprint density at radius 1 is 1.47 bits per heavy atom. The van der Waals surface area contributed by atoms with E-state index in [2.05, 4.69) is 10.3 Å². The molecule has 2 aromatic rings. The van der Waals surface area contributed by atoms with Crippen LogP contribution in [-0.2, 0) is 6.54 Å². The molecular formula is C14H17N3O2. The fraction of sp³-hybridized carbons (Fsp3) is 0.357. The molecule has 2 amide bonds. The van der Waals surface area contributed by atoms with Gasteiger partial charge in [-0.25, -0.2) is 4.79 Å². The molecule has 0 spiro atoms. The lowest BCUT2D eigenvalue weighted by Crippen LogP contribution is -2.38. The first-order valence-electron chi connectivity index (χ1n) is 6.50. The van der Waals surface area contributed by atoms with Crippen molar-refractivity contribution >= 4 is 16.9 Å². The number of carbonyl (C=O) groups is 1. The zero-order chi connectivity index (χ0) is 13.2. The normalized spacial score (nSPS) is 19.0. The Labute approximate surface area is 111 Å². The van der Waals surface area contributed by atoms with E-state index in [0.717, 1.165) is 16.5 Å². The van der Waals surface area contributed by atoms with E-state index in [0.29, 0.717) is 26.1 Å². The van der Waals surface area contributed by atoms with Crippen LogP contribution in [0, 0.1) is 0 Å². The predicted octanol–water partition coefficient (Wildman–Crippen LogP) is 1.44. The summed E-state index contributed by atoms with van der Waals surface area (Å²) in [6, 6.07) is 7.90. The average molecular weight is 259 g/mol. The molecule has 3 rings (SSSR count). The highest BCUT2D eigenvalue weighted by Gasteiger charge is 2.24. The predicted molar refractivity (Wildman–Crippen MR) is 72.7 cm³/mol. The molecule has 3 N–H and O–H groups in total. The van der Waals surface area contributed by atoms with Crippen LogP contribution in [0.1, 0.15) is 12.0 Å². The summed E-state index contributed by atoms with van der Waals surface area (Å²) in [4.78, 5) is 16.7. The number of nitrogens with zero attached hydrogens (tertiary/aromatic N) is 1. The molecule has 2 heterocycles. The van der Waals surface area contributed by atoms with Crippen LogP contribution in [0.2, 0.25) is 0 Å². The van der Waals surface area contributed by atoms with Crippen LogP contribution in [0.5, 0.6) is 0 Å². The molecule has 5 nitrogen and oxygen atoms in total. The summed E-state index contributed by atoms with van der Waals surface area (Å²) in [5.41, 5.74) is 2.16. The van der Waals surface area contributed by atoms with Crippen LogP contribution in [-0.4, -0.2) is 40.2 Å². The quantitative estimate of drug-likeness (QED) is 0.764. The monoisotopic (exact) mass is 259 g/mol. The minimum absolute atomic E-state index is 0.107. The maximum atomic E-state index is 11.9. The number of H-pyrrole nitrogens is 1. The standard InChI is InChI=1S/C14H17N3O2/c18-11-5-7-17(9-11)14(19)16-8-10-2-1-3-13-12(10)4-6-15-13/h1-4,6,11,15,18H,5,7-9H2,(H,16,19). The molecule has 0 radical (unpaired) electrons. The molecule has 1 aliphatic rings. The SMILES string of the molecule is O=C(NCc1cccc2[nH]ccc12)N1CCC(O)C1. The number of nitrogens with one attached hydrogen (secondary N) is 2. The summed E-state index contributed by atoms with van der Waals surface area (Å²) < 4.78 is 0. The highest BCUT2D eigenvalue weighted by molar-refractivity contribution is 5.83. The van der Waals surface area contributed by atoms with Crippen LogP contribution in [0.3, 0.4) is 0 Å². The zero-order valence-electron chi connectivity index (χ0n) is 10.6. The molecule has 1 aromatic heterocycles. The summed E-state index contributed by atoms with van der Waals surface area (Å²) in [7, 11) is 0. The van der Waals surface area contributed by atoms with Crippen molar-refractivity contribution in [2.45, 2.75) is 19.1 Å². The van der Waals surface area contributed by atoms with Gasteiger partial charge in [-0.1, -0.05) is 12.1 Å². The molecule has 0 saturated carbocycles. The van der Waals surface area contributed by atoms with E-state index in [-0.39, 0.29) is 12.1 Å². The number of hydrogen-bond acceptors (Lipinski definition) is 2. The van der Waals surface area contributed by atoms with Crippen LogP contribution in [0.4, 0.5) is 4.79 Å². The Kier molecular flexibility index (Phi) is 3.13. The molecule has 19 heavy (non-hydrogen) atoms. The first kappa shape index (κ1) is 12.0. The molecule has 1 saturated heterocycles. The average Bonchev–Trinajstić information content (AvgIpc) is 3.04. The van der Waals surface area contributed by atoms with Crippen molar-refractivity contribution in [3.63, 3.8) is 0 Å². The van der Waals surface area contributed by atoms with Gasteiger partial charge in [0, 0.05) is 36.7 Å². The lowest BCUT2D eigenvalue weighted by atomic mass is 10.1. The minimum atomic E-state index is -0.376. The second kappa shape index (κ2) is 4.93. The van der Waals surface area contributed by atoms with Crippen LogP contribution < -0.4 is 5.32 Å². The lowest BCUT2D eigenvalue weighted by Gasteiger charge is -2.16. The van der Waals surface area contributed by atoms with E-state index in [9.17, 15) is 9.90 Å². The Bertz CT molecular complexity index is 593. The van der Waals surface area contributed by atoms with Crippen LogP contribution in [0.15, 0.2) is 30.5 Å². The third kappa shape index (κ3) is 2.42. The van der Waals surface area contributed by atoms with Gasteiger partial charge in [0.25, 0.3) is 0 Å². The number of benzene rings is 1. The number of aliphatic hydroxyl groups excluding tert-OH is 1. The summed E-state index contributed by atoms with van der Waals surface area (Å²) in [6.45, 7) is 1.56. The minimum Gasteiger partial charge on any atom is -0.391 e. The Morgan fingerprint density at radius 2 is 2.37 bits per heavy atom. The summed E-state index contributed by atoms with van der Waals surface area (Å²) in [5.74, 6) is 0. The molecule has 1 aromatic carbocycles. The van der Waals surface area contributed by atoms with E-state index >= 15 is 0 Å². The van der Waals surface area contributed by atoms with Crippen molar-refractivity contribution in [3.05, 3.63) is 36.0 Å². The fourth-order valence-electron chi connectivity index (χ4n) is 2.51. The largest absolute Gasteiger partial charge is 0.391 e. The summed E-state index contributed by atoms with van der Waals surface area (Å²) in [5, 5.41) is 13.5. The van der Waals surface area contributed by atoms with Gasteiger partial charge in [0.15, 0.2) is 0 Å². The molecule has 0 bridgehead atoms. The molecule has 1 aliphatic heterocycles. The van der Waals surface area contributed by atoms with Gasteiger partial charge in [-0.2, -0.15) is 0 Å². The number of aromatic amines is 1. The van der Waals surface area contributed by atoms with Gasteiger partial charge in [0.1, 0.15) is 0 Å². The zero-order valence-corrected chi connectivity index (χ0v) is 10.6. The number of amides is 2. The van der Waals surface area contributed by atoms with E-state index in [4.69, 9.17) is 0 Å². The number of fused-ring (bicyclic) bond motifs is 1. The first-order valence-corrected chi connectivity index (χ1v) is 6.50. The number of likely N-dealkylation sites (tertiary alicyclic amines) is 1. The van der Waals surface area contributed by atoms with Gasteiger partial charge in [-0.05, 0) is 24.1 Å². The fourth-order valence-corrected chi connectivity index (χ4v) is 2.51. The number of hydrogen-bond donors (Lipinski definition) is 3. The number of rotatable bonds is 2. The number of aromatic nitrogens is 1. The van der Waals surface area contributed by atoms with E-state index in [1.54, 1.807) is 4.90 Å². The van der Waals surface area contributed by atoms with Crippen molar-refractivity contribution < 1.29 is 9.90 Å². The third-order valence-corrected chi connectivity index (χ3v) is 3.57. The van der Waals surface area contributed by atoms with E-state index in [1.807, 2.05) is 30.5 Å². The van der Waals surface area contributed by atoms with Crippen LogP contribution in [0.25, 0.3) is 10.9 Å². The molecular weight excluding hydrogens is 242 g/mol. The van der Waals surface area contributed by atoms with Gasteiger partial charge in [0.2, 0.25) is 0 Å². The Balaban J connectivity index is 1.66. The van der Waals surface area contributed by atoms with Crippen LogP contribution >= 0.6 is 0 Å². The third-order valence-electron chi connectivity index (χ3n) is 3.57. The second-order valence-corrected chi connectivity index (χ2v) is 4.90. The van der Waals surface area contributed by atoms with Crippen molar-refractivity contribution in [1.82, 2.24) is 15.2 Å². The smallest absolute Gasteiger partial charge is 0.317 e. The molecule has 5 heteroatoms. The molecule has 1 atom stereocenters. The summed E-state index contributed by atoms with van der Waals surface area (Å²) in [6.07, 6.45) is 2.19. The number of urea groups is 1. The molecule has 1 unspecified atom stereocenters. The number of aliphatic hydroxyl groups is 1. The van der Waals surface area contributed by atoms with E-state index < -0.39 is 0 Å². The van der Waals surface area contributed by atoms with Gasteiger partial charge in [0.05, 0.1) is 6.10 Å².